The third-order valence-corrected chi connectivity index (χ3v) is 7.92. The molecule has 41 heavy (non-hydrogen) atoms. The number of carbonyl (C=O) groups is 3. The molecule has 9 nitrogen and oxygen atoms in total. The molecule has 1 fully saturated rings. The number of nitrogens with one attached hydrogen (secondary N) is 1. The predicted octanol–water partition coefficient (Wildman–Crippen LogP) is 4.52. The van der Waals surface area contributed by atoms with E-state index in [0.717, 1.165) is 47.7 Å². The van der Waals surface area contributed by atoms with Gasteiger partial charge in [0.15, 0.2) is 11.6 Å². The lowest BCUT2D eigenvalue weighted by atomic mass is 9.67. The van der Waals surface area contributed by atoms with E-state index in [9.17, 15) is 28.4 Å². The third kappa shape index (κ3) is 6.07. The fraction of sp³-hybridized carbons (Fsp3) is 0.400. The maximum Gasteiger partial charge on any atom is 0.341 e. The number of hydrogen-bond acceptors (Lipinski definition) is 6. The molecule has 1 aliphatic carbocycles. The van der Waals surface area contributed by atoms with Gasteiger partial charge in [-0.15, -0.1) is 0 Å². The van der Waals surface area contributed by atoms with Gasteiger partial charge in [0.25, 0.3) is 0 Å². The summed E-state index contributed by atoms with van der Waals surface area (Å²) in [6.45, 7) is -0.0858. The highest BCUT2D eigenvalue weighted by atomic mass is 19.2. The monoisotopic (exact) mass is 566 g/mol. The summed E-state index contributed by atoms with van der Waals surface area (Å²) in [7, 11) is 2.51. The molecule has 0 aromatic heterocycles. The molecule has 2 aliphatic rings. The van der Waals surface area contributed by atoms with Crippen molar-refractivity contribution in [2.45, 2.75) is 43.6 Å². The van der Waals surface area contributed by atoms with Crippen molar-refractivity contribution in [3.63, 3.8) is 0 Å². The maximum atomic E-state index is 14.1. The minimum atomic E-state index is -1.17. The van der Waals surface area contributed by atoms with Crippen molar-refractivity contribution >= 4 is 18.4 Å². The fourth-order valence-corrected chi connectivity index (χ4v) is 5.69. The standard InChI is InChI=1S/C30H32F2N4O5/c1-40-17-25-26(28(38)41-2)27(21-8-9-23(31)24(32)16-21)34-29(39)36(25)35(19-37)15-12-20-10-13-30(18-33,14-11-20)22-6-4-3-5-7-22/h3-9,16,19-20,27H,10-15,17H2,1-2H3,(H,34,39). The molecule has 1 heterocycles. The van der Waals surface area contributed by atoms with Gasteiger partial charge < -0.3 is 14.8 Å². The largest absolute Gasteiger partial charge is 0.466 e. The Labute approximate surface area is 237 Å². The number of carbonyl (C=O) groups excluding carboxylic acids is 3. The number of hydrazine groups is 1. The predicted molar refractivity (Wildman–Crippen MR) is 143 cm³/mol. The highest BCUT2D eigenvalue weighted by Crippen LogP contribution is 2.42. The van der Waals surface area contributed by atoms with Gasteiger partial charge in [-0.3, -0.25) is 4.79 Å². The van der Waals surface area contributed by atoms with E-state index in [2.05, 4.69) is 11.4 Å². The number of esters is 1. The first-order valence-electron chi connectivity index (χ1n) is 13.3. The van der Waals surface area contributed by atoms with Crippen LogP contribution in [-0.2, 0) is 24.5 Å². The highest BCUT2D eigenvalue weighted by Gasteiger charge is 2.41. The van der Waals surface area contributed by atoms with Crippen molar-refractivity contribution in [1.29, 1.82) is 5.26 Å². The van der Waals surface area contributed by atoms with Gasteiger partial charge in [-0.05, 0) is 61.3 Å². The first-order valence-corrected chi connectivity index (χ1v) is 13.3. The van der Waals surface area contributed by atoms with Crippen molar-refractivity contribution in [3.05, 3.63) is 82.6 Å². The average molecular weight is 567 g/mol. The molecule has 1 aliphatic heterocycles. The fourth-order valence-electron chi connectivity index (χ4n) is 5.69. The zero-order chi connectivity index (χ0) is 29.6. The molecule has 2 aromatic rings. The summed E-state index contributed by atoms with van der Waals surface area (Å²) in [4.78, 5) is 38.6. The number of methoxy groups -OCH3 is 2. The van der Waals surface area contributed by atoms with E-state index in [1.54, 1.807) is 0 Å². The van der Waals surface area contributed by atoms with E-state index in [1.165, 1.54) is 13.2 Å². The molecule has 216 valence electrons. The lowest BCUT2D eigenvalue weighted by molar-refractivity contribution is -0.138. The second-order valence-corrected chi connectivity index (χ2v) is 10.2. The van der Waals surface area contributed by atoms with Crippen LogP contribution in [0, 0.1) is 28.9 Å². The second kappa shape index (κ2) is 12.9. The molecule has 1 N–H and O–H groups in total. The van der Waals surface area contributed by atoms with Gasteiger partial charge >= 0.3 is 12.0 Å². The summed E-state index contributed by atoms with van der Waals surface area (Å²) in [6, 6.07) is 13.4. The number of rotatable bonds is 10. The number of nitriles is 1. The maximum absolute atomic E-state index is 14.1. The Morgan fingerprint density at radius 3 is 2.46 bits per heavy atom. The minimum absolute atomic E-state index is 0.0427. The summed E-state index contributed by atoms with van der Waals surface area (Å²) in [5.74, 6) is -2.85. The number of halogens is 2. The van der Waals surface area contributed by atoms with Crippen molar-refractivity contribution in [2.75, 3.05) is 27.4 Å². The van der Waals surface area contributed by atoms with E-state index in [4.69, 9.17) is 9.47 Å². The normalized spacial score (nSPS) is 22.5. The number of hydrogen-bond donors (Lipinski definition) is 1. The topological polar surface area (TPSA) is 112 Å². The quantitative estimate of drug-likeness (QED) is 0.334. The Morgan fingerprint density at radius 1 is 1.17 bits per heavy atom. The molecular formula is C30H32F2N4O5. The lowest BCUT2D eigenvalue weighted by Gasteiger charge is -2.41. The average Bonchev–Trinajstić information content (AvgIpc) is 3.00. The van der Waals surface area contributed by atoms with Crippen LogP contribution in [0.25, 0.3) is 0 Å². The summed E-state index contributed by atoms with van der Waals surface area (Å²) >= 11 is 0. The number of urea groups is 1. The zero-order valence-corrected chi connectivity index (χ0v) is 22.9. The van der Waals surface area contributed by atoms with Crippen LogP contribution in [0.4, 0.5) is 13.6 Å². The van der Waals surface area contributed by atoms with Gasteiger partial charge in [-0.25, -0.2) is 28.4 Å². The smallest absolute Gasteiger partial charge is 0.341 e. The lowest BCUT2D eigenvalue weighted by Crippen LogP contribution is -2.56. The molecule has 1 saturated carbocycles. The van der Waals surface area contributed by atoms with Crippen LogP contribution in [0.5, 0.6) is 0 Å². The number of ether oxygens (including phenoxy) is 2. The molecule has 0 radical (unpaired) electrons. The number of amides is 3. The van der Waals surface area contributed by atoms with E-state index >= 15 is 0 Å². The highest BCUT2D eigenvalue weighted by molar-refractivity contribution is 5.95. The third-order valence-electron chi connectivity index (χ3n) is 7.92. The Morgan fingerprint density at radius 2 is 1.88 bits per heavy atom. The van der Waals surface area contributed by atoms with Crippen molar-refractivity contribution in [3.8, 4) is 6.07 Å². The van der Waals surface area contributed by atoms with E-state index < -0.39 is 35.1 Å². The van der Waals surface area contributed by atoms with Crippen LogP contribution in [0.3, 0.4) is 0 Å². The molecule has 1 unspecified atom stereocenters. The minimum Gasteiger partial charge on any atom is -0.466 e. The molecule has 0 spiro atoms. The molecular weight excluding hydrogens is 534 g/mol. The molecule has 0 saturated heterocycles. The Balaban J connectivity index is 1.56. The molecule has 1 atom stereocenters. The Kier molecular flexibility index (Phi) is 9.35. The van der Waals surface area contributed by atoms with Crippen LogP contribution >= 0.6 is 0 Å². The molecule has 2 aromatic carbocycles. The van der Waals surface area contributed by atoms with E-state index in [-0.39, 0.29) is 35.9 Å². The van der Waals surface area contributed by atoms with Crippen LogP contribution in [-0.4, -0.2) is 55.8 Å². The number of nitrogens with zero attached hydrogens (tertiary/aromatic N) is 3. The first kappa shape index (κ1) is 29.7. The summed E-state index contributed by atoms with van der Waals surface area (Å²) in [6.07, 6.45) is 3.95. The second-order valence-electron chi connectivity index (χ2n) is 10.2. The van der Waals surface area contributed by atoms with Crippen LogP contribution in [0.1, 0.15) is 49.3 Å². The van der Waals surface area contributed by atoms with Gasteiger partial charge in [0, 0.05) is 13.7 Å². The van der Waals surface area contributed by atoms with Gasteiger partial charge in [-0.1, -0.05) is 36.4 Å². The molecule has 0 bridgehead atoms. The van der Waals surface area contributed by atoms with Crippen LogP contribution in [0.15, 0.2) is 59.8 Å². The SMILES string of the molecule is COCC1=C(C(=O)OC)C(c2ccc(F)c(F)c2)NC(=O)N1N(C=O)CCC1CCC(C#N)(c2ccccc2)CC1. The van der Waals surface area contributed by atoms with Crippen LogP contribution < -0.4 is 5.32 Å². The zero-order valence-electron chi connectivity index (χ0n) is 22.9. The molecule has 11 heteroatoms. The van der Waals surface area contributed by atoms with Crippen molar-refractivity contribution in [2.24, 2.45) is 5.92 Å². The van der Waals surface area contributed by atoms with E-state index in [0.29, 0.717) is 25.7 Å². The van der Waals surface area contributed by atoms with Crippen molar-refractivity contribution < 1.29 is 32.6 Å². The molecule has 4 rings (SSSR count). The van der Waals surface area contributed by atoms with Crippen LogP contribution in [0.2, 0.25) is 0 Å². The molecule has 3 amide bonds. The van der Waals surface area contributed by atoms with Gasteiger partial charge in [-0.2, -0.15) is 5.26 Å². The number of benzene rings is 2. The Hall–Kier alpha value is -4.30. The van der Waals surface area contributed by atoms with Crippen molar-refractivity contribution in [1.82, 2.24) is 15.3 Å². The van der Waals surface area contributed by atoms with Gasteiger partial charge in [0.05, 0.1) is 42.5 Å². The first-order chi connectivity index (χ1) is 19.8. The summed E-state index contributed by atoms with van der Waals surface area (Å²) in [5.41, 5.74) is 0.534. The summed E-state index contributed by atoms with van der Waals surface area (Å²) in [5, 5.41) is 14.8. The van der Waals surface area contributed by atoms with Gasteiger partial charge in [0.2, 0.25) is 6.41 Å². The van der Waals surface area contributed by atoms with Gasteiger partial charge in [0.1, 0.15) is 0 Å². The summed E-state index contributed by atoms with van der Waals surface area (Å²) < 4.78 is 37.9. The Bertz CT molecular complexity index is 1350. The van der Waals surface area contributed by atoms with E-state index in [1.807, 2.05) is 30.3 Å².